The topological polar surface area (TPSA) is 38.3 Å². The van der Waals surface area contributed by atoms with Crippen LogP contribution in [0.5, 0.6) is 0 Å². The summed E-state index contributed by atoms with van der Waals surface area (Å²) in [6.07, 6.45) is 3.24. The van der Waals surface area contributed by atoms with Crippen molar-refractivity contribution in [1.82, 2.24) is 5.32 Å². The molecule has 0 spiro atoms. The number of carbonyl (C=O) groups is 1. The van der Waals surface area contributed by atoms with Gasteiger partial charge < -0.3 is 10.1 Å². The van der Waals surface area contributed by atoms with E-state index in [2.05, 4.69) is 5.32 Å². The fourth-order valence-electron chi connectivity index (χ4n) is 1.49. The van der Waals surface area contributed by atoms with Crippen molar-refractivity contribution in [2.45, 2.75) is 19.3 Å². The highest BCUT2D eigenvalue weighted by molar-refractivity contribution is 5.74. The molecule has 1 heterocycles. The van der Waals surface area contributed by atoms with Gasteiger partial charge in [-0.05, 0) is 25.8 Å². The van der Waals surface area contributed by atoms with Crippen LogP contribution in [0.2, 0.25) is 0 Å². The summed E-state index contributed by atoms with van der Waals surface area (Å²) in [7, 11) is 0. The van der Waals surface area contributed by atoms with Crippen LogP contribution in [0.15, 0.2) is 0 Å². The van der Waals surface area contributed by atoms with E-state index >= 15 is 0 Å². The molecule has 3 heteroatoms. The second-order valence-electron chi connectivity index (χ2n) is 3.76. The zero-order valence-electron chi connectivity index (χ0n) is 7.21. The van der Waals surface area contributed by atoms with Gasteiger partial charge in [-0.2, -0.15) is 0 Å². The molecule has 2 fully saturated rings. The van der Waals surface area contributed by atoms with Crippen molar-refractivity contribution in [1.29, 1.82) is 0 Å². The summed E-state index contributed by atoms with van der Waals surface area (Å²) in [5.74, 6) is 0.842. The Balaban J connectivity index is 1.63. The largest absolute Gasteiger partial charge is 0.465 e. The van der Waals surface area contributed by atoms with E-state index in [0.29, 0.717) is 12.5 Å². The smallest absolute Gasteiger partial charge is 0.308 e. The van der Waals surface area contributed by atoms with Crippen LogP contribution in [0.3, 0.4) is 0 Å². The minimum absolute atomic E-state index is 0.0295. The van der Waals surface area contributed by atoms with E-state index in [4.69, 9.17) is 4.74 Å². The Morgan fingerprint density at radius 3 is 2.83 bits per heavy atom. The molecule has 1 saturated carbocycles. The highest BCUT2D eigenvalue weighted by Crippen LogP contribution is 2.30. The maximum absolute atomic E-state index is 11.1. The molecular weight excluding hydrogens is 154 g/mol. The summed E-state index contributed by atoms with van der Waals surface area (Å²) in [4.78, 5) is 11.1. The highest BCUT2D eigenvalue weighted by Gasteiger charge is 2.31. The molecule has 12 heavy (non-hydrogen) atoms. The Bertz CT molecular complexity index is 171. The van der Waals surface area contributed by atoms with E-state index in [1.165, 1.54) is 0 Å². The minimum Gasteiger partial charge on any atom is -0.465 e. The Labute approximate surface area is 72.5 Å². The monoisotopic (exact) mass is 169 g/mol. The number of ether oxygens (including phenoxy) is 1. The Hall–Kier alpha value is -0.570. The molecule has 1 aliphatic heterocycles. The molecule has 0 aromatic carbocycles. The number of carbonyl (C=O) groups excluding carboxylic acids is 1. The molecule has 1 saturated heterocycles. The molecule has 1 unspecified atom stereocenters. The van der Waals surface area contributed by atoms with Crippen molar-refractivity contribution in [2.24, 2.45) is 11.8 Å². The maximum atomic E-state index is 11.1. The van der Waals surface area contributed by atoms with Gasteiger partial charge in [0.15, 0.2) is 0 Å². The van der Waals surface area contributed by atoms with E-state index in [1.807, 2.05) is 0 Å². The van der Waals surface area contributed by atoms with Crippen LogP contribution >= 0.6 is 0 Å². The second kappa shape index (κ2) is 3.44. The molecule has 0 aromatic rings. The van der Waals surface area contributed by atoms with Crippen molar-refractivity contribution in [3.05, 3.63) is 0 Å². The Kier molecular flexibility index (Phi) is 2.30. The average molecular weight is 169 g/mol. The Morgan fingerprint density at radius 1 is 1.42 bits per heavy atom. The molecule has 0 radical (unpaired) electrons. The van der Waals surface area contributed by atoms with Gasteiger partial charge in [0.1, 0.15) is 0 Å². The fraction of sp³-hybridized carbons (Fsp3) is 0.889. The number of hydrogen-bond acceptors (Lipinski definition) is 3. The highest BCUT2D eigenvalue weighted by atomic mass is 16.5. The number of nitrogens with one attached hydrogen (secondary N) is 1. The predicted octanol–water partition coefficient (Wildman–Crippen LogP) is 0.549. The fourth-order valence-corrected chi connectivity index (χ4v) is 1.49. The first kappa shape index (κ1) is 8.05. The summed E-state index contributed by atoms with van der Waals surface area (Å²) in [5.41, 5.74) is 0. The quantitative estimate of drug-likeness (QED) is 0.627. The zero-order valence-corrected chi connectivity index (χ0v) is 7.21. The molecule has 68 valence electrons. The average Bonchev–Trinajstić information content (AvgIpc) is 2.80. The van der Waals surface area contributed by atoms with Crippen molar-refractivity contribution in [3.8, 4) is 0 Å². The standard InChI is InChI=1S/C9H15NO2/c11-9(8-1-2-8)12-6-7-3-4-10-5-7/h7-8,10H,1-6H2. The van der Waals surface area contributed by atoms with Crippen molar-refractivity contribution in [3.63, 3.8) is 0 Å². The lowest BCUT2D eigenvalue weighted by Gasteiger charge is -2.08. The number of hydrogen-bond donors (Lipinski definition) is 1. The third kappa shape index (κ3) is 1.97. The third-order valence-electron chi connectivity index (χ3n) is 2.53. The van der Waals surface area contributed by atoms with Gasteiger partial charge in [-0.1, -0.05) is 0 Å². The normalized spacial score (nSPS) is 28.8. The van der Waals surface area contributed by atoms with E-state index in [0.717, 1.165) is 32.4 Å². The molecule has 2 rings (SSSR count). The van der Waals surface area contributed by atoms with Gasteiger partial charge in [0.05, 0.1) is 12.5 Å². The molecule has 2 aliphatic rings. The van der Waals surface area contributed by atoms with Crippen LogP contribution in [0.4, 0.5) is 0 Å². The van der Waals surface area contributed by atoms with Gasteiger partial charge in [0.25, 0.3) is 0 Å². The summed E-state index contributed by atoms with van der Waals surface area (Å²) >= 11 is 0. The molecule has 0 amide bonds. The van der Waals surface area contributed by atoms with Crippen molar-refractivity contribution >= 4 is 5.97 Å². The van der Waals surface area contributed by atoms with Gasteiger partial charge in [-0.3, -0.25) is 4.79 Å². The number of esters is 1. The SMILES string of the molecule is O=C(OCC1CCNC1)C1CC1. The minimum atomic E-state index is 0.0295. The van der Waals surface area contributed by atoms with Crippen LogP contribution in [-0.4, -0.2) is 25.7 Å². The van der Waals surface area contributed by atoms with E-state index < -0.39 is 0 Å². The van der Waals surface area contributed by atoms with Gasteiger partial charge >= 0.3 is 5.97 Å². The summed E-state index contributed by atoms with van der Waals surface area (Å²) in [5, 5.41) is 3.25. The van der Waals surface area contributed by atoms with Gasteiger partial charge in [0.2, 0.25) is 0 Å². The van der Waals surface area contributed by atoms with E-state index in [9.17, 15) is 4.79 Å². The first-order valence-electron chi connectivity index (χ1n) is 4.73. The predicted molar refractivity (Wildman–Crippen MR) is 44.7 cm³/mol. The van der Waals surface area contributed by atoms with Crippen LogP contribution in [0, 0.1) is 11.8 Å². The van der Waals surface area contributed by atoms with Crippen molar-refractivity contribution < 1.29 is 9.53 Å². The second-order valence-corrected chi connectivity index (χ2v) is 3.76. The lowest BCUT2D eigenvalue weighted by molar-refractivity contribution is -0.146. The van der Waals surface area contributed by atoms with E-state index in [-0.39, 0.29) is 11.9 Å². The zero-order chi connectivity index (χ0) is 8.39. The van der Waals surface area contributed by atoms with Crippen LogP contribution in [0.1, 0.15) is 19.3 Å². The molecule has 1 atom stereocenters. The molecule has 1 N–H and O–H groups in total. The van der Waals surface area contributed by atoms with Gasteiger partial charge in [-0.25, -0.2) is 0 Å². The van der Waals surface area contributed by atoms with Crippen LogP contribution in [-0.2, 0) is 9.53 Å². The first-order valence-corrected chi connectivity index (χ1v) is 4.73. The first-order chi connectivity index (χ1) is 5.86. The van der Waals surface area contributed by atoms with Crippen LogP contribution < -0.4 is 5.32 Å². The lowest BCUT2D eigenvalue weighted by atomic mass is 10.1. The van der Waals surface area contributed by atoms with Crippen molar-refractivity contribution in [2.75, 3.05) is 19.7 Å². The van der Waals surface area contributed by atoms with Crippen LogP contribution in [0.25, 0.3) is 0 Å². The summed E-state index contributed by atoms with van der Waals surface area (Å²) in [6.45, 7) is 2.71. The van der Waals surface area contributed by atoms with E-state index in [1.54, 1.807) is 0 Å². The maximum Gasteiger partial charge on any atom is 0.308 e. The number of rotatable bonds is 3. The van der Waals surface area contributed by atoms with Gasteiger partial charge in [0, 0.05) is 12.5 Å². The lowest BCUT2D eigenvalue weighted by Crippen LogP contribution is -2.17. The van der Waals surface area contributed by atoms with Gasteiger partial charge in [-0.15, -0.1) is 0 Å². The molecular formula is C9H15NO2. The Morgan fingerprint density at radius 2 is 2.25 bits per heavy atom. The third-order valence-corrected chi connectivity index (χ3v) is 2.53. The summed E-state index contributed by atoms with van der Waals surface area (Å²) in [6, 6.07) is 0. The molecule has 1 aliphatic carbocycles. The summed E-state index contributed by atoms with van der Waals surface area (Å²) < 4.78 is 5.17. The molecule has 3 nitrogen and oxygen atoms in total. The molecule has 0 bridgehead atoms. The molecule has 0 aromatic heterocycles.